The monoisotopic (exact) mass is 226 g/mol. The Kier molecular flexibility index (Phi) is 3.88. The molecule has 1 heterocycles. The van der Waals surface area contributed by atoms with E-state index in [2.05, 4.69) is 11.8 Å². The molecule has 0 aromatic heterocycles. The van der Waals surface area contributed by atoms with Crippen molar-refractivity contribution < 1.29 is 4.74 Å². The topological polar surface area (TPSA) is 38.5 Å². The van der Waals surface area contributed by atoms with Crippen molar-refractivity contribution in [1.82, 2.24) is 4.90 Å². The Morgan fingerprint density at radius 2 is 2.25 bits per heavy atom. The lowest BCUT2D eigenvalue weighted by atomic mass is 9.94. The molecule has 3 nitrogen and oxygen atoms in total. The van der Waals surface area contributed by atoms with Crippen LogP contribution in [0.4, 0.5) is 0 Å². The van der Waals surface area contributed by atoms with Crippen molar-refractivity contribution in [3.63, 3.8) is 0 Å². The molecule has 2 unspecified atom stereocenters. The number of nitrogens with two attached hydrogens (primary N) is 1. The van der Waals surface area contributed by atoms with E-state index < -0.39 is 0 Å². The van der Waals surface area contributed by atoms with Crippen LogP contribution in [0.15, 0.2) is 0 Å². The summed E-state index contributed by atoms with van der Waals surface area (Å²) in [6.45, 7) is 5.66. The van der Waals surface area contributed by atoms with Crippen LogP contribution in [0.2, 0.25) is 0 Å². The molecule has 0 amide bonds. The zero-order chi connectivity index (χ0) is 11.6. The fourth-order valence-corrected chi connectivity index (χ4v) is 2.76. The first-order valence-electron chi connectivity index (χ1n) is 6.66. The first-order valence-corrected chi connectivity index (χ1v) is 6.66. The van der Waals surface area contributed by atoms with E-state index in [1.165, 1.54) is 32.2 Å². The molecular weight excluding hydrogens is 200 g/mol. The van der Waals surface area contributed by atoms with Crippen molar-refractivity contribution in [1.29, 1.82) is 0 Å². The summed E-state index contributed by atoms with van der Waals surface area (Å²) in [5, 5.41) is 0. The molecule has 0 aromatic rings. The summed E-state index contributed by atoms with van der Waals surface area (Å²) in [6.07, 6.45) is 6.32. The average molecular weight is 226 g/mol. The second-order valence-corrected chi connectivity index (χ2v) is 5.82. The maximum Gasteiger partial charge on any atom is 0.0777 e. The van der Waals surface area contributed by atoms with Crippen molar-refractivity contribution in [2.24, 2.45) is 11.7 Å². The van der Waals surface area contributed by atoms with E-state index in [-0.39, 0.29) is 5.60 Å². The van der Waals surface area contributed by atoms with Gasteiger partial charge in [-0.25, -0.2) is 0 Å². The highest BCUT2D eigenvalue weighted by Crippen LogP contribution is 2.33. The van der Waals surface area contributed by atoms with Gasteiger partial charge in [0.2, 0.25) is 0 Å². The van der Waals surface area contributed by atoms with Crippen LogP contribution >= 0.6 is 0 Å². The first-order chi connectivity index (χ1) is 7.63. The molecule has 0 spiro atoms. The van der Waals surface area contributed by atoms with Gasteiger partial charge in [0, 0.05) is 19.7 Å². The van der Waals surface area contributed by atoms with Crippen LogP contribution in [0.5, 0.6) is 0 Å². The largest absolute Gasteiger partial charge is 0.377 e. The van der Waals surface area contributed by atoms with Crippen LogP contribution in [0.1, 0.15) is 39.0 Å². The molecule has 94 valence electrons. The van der Waals surface area contributed by atoms with Gasteiger partial charge in [-0.3, -0.25) is 0 Å². The molecular formula is C13H26N2O. The molecule has 0 aromatic carbocycles. The molecule has 1 aliphatic carbocycles. The van der Waals surface area contributed by atoms with Gasteiger partial charge in [0.25, 0.3) is 0 Å². The van der Waals surface area contributed by atoms with E-state index in [1.54, 1.807) is 0 Å². The zero-order valence-corrected chi connectivity index (χ0v) is 10.7. The highest BCUT2D eigenvalue weighted by Gasteiger charge is 2.32. The fourth-order valence-electron chi connectivity index (χ4n) is 2.76. The van der Waals surface area contributed by atoms with E-state index in [1.807, 2.05) is 7.11 Å². The third-order valence-electron chi connectivity index (χ3n) is 4.24. The third-order valence-corrected chi connectivity index (χ3v) is 4.24. The fraction of sp³-hybridized carbons (Fsp3) is 1.00. The summed E-state index contributed by atoms with van der Waals surface area (Å²) < 4.78 is 5.60. The van der Waals surface area contributed by atoms with Gasteiger partial charge in [0.05, 0.1) is 5.60 Å². The van der Waals surface area contributed by atoms with Gasteiger partial charge in [-0.2, -0.15) is 0 Å². The van der Waals surface area contributed by atoms with Gasteiger partial charge in [-0.15, -0.1) is 0 Å². The van der Waals surface area contributed by atoms with E-state index >= 15 is 0 Å². The van der Waals surface area contributed by atoms with Gasteiger partial charge >= 0.3 is 0 Å². The number of rotatable bonds is 5. The first kappa shape index (κ1) is 12.3. The molecule has 2 N–H and O–H groups in total. The van der Waals surface area contributed by atoms with Gasteiger partial charge in [0.1, 0.15) is 0 Å². The molecule has 2 aliphatic rings. The summed E-state index contributed by atoms with van der Waals surface area (Å²) >= 11 is 0. The minimum atomic E-state index is 0.0714. The lowest BCUT2D eigenvalue weighted by Gasteiger charge is -2.39. The normalized spacial score (nSPS) is 33.9. The third kappa shape index (κ3) is 3.19. The highest BCUT2D eigenvalue weighted by atomic mass is 16.5. The van der Waals surface area contributed by atoms with Gasteiger partial charge in [-0.1, -0.05) is 0 Å². The Bertz CT molecular complexity index is 230. The summed E-state index contributed by atoms with van der Waals surface area (Å²) in [5.41, 5.74) is 6.21. The molecule has 3 heteroatoms. The second kappa shape index (κ2) is 5.03. The van der Waals surface area contributed by atoms with Crippen molar-refractivity contribution >= 4 is 0 Å². The molecule has 1 saturated carbocycles. The molecule has 2 fully saturated rings. The van der Waals surface area contributed by atoms with Crippen LogP contribution in [0.3, 0.4) is 0 Å². The number of hydrogen-bond acceptors (Lipinski definition) is 3. The lowest BCUT2D eigenvalue weighted by Crippen LogP contribution is -2.48. The van der Waals surface area contributed by atoms with Crippen LogP contribution in [-0.2, 0) is 4.74 Å². The standard InChI is InChI=1S/C13H26N2O/c1-13(16-2)7-3-8-15(10-13)9-6-12(14)11-4-5-11/h11-12H,3-10,14H2,1-2H3. The second-order valence-electron chi connectivity index (χ2n) is 5.82. The minimum Gasteiger partial charge on any atom is -0.377 e. The van der Waals surface area contributed by atoms with E-state index in [4.69, 9.17) is 10.5 Å². The summed E-state index contributed by atoms with van der Waals surface area (Å²) in [6, 6.07) is 0.440. The number of methoxy groups -OCH3 is 1. The Hall–Kier alpha value is -0.120. The van der Waals surface area contributed by atoms with E-state index in [0.717, 1.165) is 25.4 Å². The number of nitrogens with zero attached hydrogens (tertiary/aromatic N) is 1. The molecule has 16 heavy (non-hydrogen) atoms. The molecule has 0 radical (unpaired) electrons. The molecule has 1 saturated heterocycles. The smallest absolute Gasteiger partial charge is 0.0777 e. The molecule has 1 aliphatic heterocycles. The molecule has 0 bridgehead atoms. The Morgan fingerprint density at radius 3 is 2.88 bits per heavy atom. The van der Waals surface area contributed by atoms with Crippen molar-refractivity contribution in [3.8, 4) is 0 Å². The Balaban J connectivity index is 1.72. The summed E-state index contributed by atoms with van der Waals surface area (Å²) in [7, 11) is 1.83. The predicted octanol–water partition coefficient (Wildman–Crippen LogP) is 1.61. The quantitative estimate of drug-likeness (QED) is 0.774. The van der Waals surface area contributed by atoms with Crippen LogP contribution < -0.4 is 5.73 Å². The maximum absolute atomic E-state index is 6.14. The SMILES string of the molecule is COC1(C)CCCN(CCC(N)C2CC2)C1. The van der Waals surface area contributed by atoms with Gasteiger partial charge < -0.3 is 15.4 Å². The van der Waals surface area contributed by atoms with Gasteiger partial charge in [-0.05, 0) is 58.0 Å². The highest BCUT2D eigenvalue weighted by molar-refractivity contribution is 4.87. The van der Waals surface area contributed by atoms with Crippen LogP contribution in [0.25, 0.3) is 0 Å². The van der Waals surface area contributed by atoms with Crippen molar-refractivity contribution in [3.05, 3.63) is 0 Å². The van der Waals surface area contributed by atoms with Gasteiger partial charge in [0.15, 0.2) is 0 Å². The zero-order valence-electron chi connectivity index (χ0n) is 10.7. The van der Waals surface area contributed by atoms with E-state index in [0.29, 0.717) is 6.04 Å². The number of piperidine rings is 1. The molecule has 2 atom stereocenters. The van der Waals surface area contributed by atoms with Crippen molar-refractivity contribution in [2.75, 3.05) is 26.7 Å². The lowest BCUT2D eigenvalue weighted by molar-refractivity contribution is -0.0511. The van der Waals surface area contributed by atoms with E-state index in [9.17, 15) is 0 Å². The van der Waals surface area contributed by atoms with Crippen LogP contribution in [-0.4, -0.2) is 43.3 Å². The average Bonchev–Trinajstić information content (AvgIpc) is 3.10. The number of hydrogen-bond donors (Lipinski definition) is 1. The predicted molar refractivity (Wildman–Crippen MR) is 66.4 cm³/mol. The summed E-state index contributed by atoms with van der Waals surface area (Å²) in [5.74, 6) is 0.832. The minimum absolute atomic E-state index is 0.0714. The maximum atomic E-state index is 6.14. The number of ether oxygens (including phenoxy) is 1. The van der Waals surface area contributed by atoms with Crippen LogP contribution in [0, 0.1) is 5.92 Å². The Labute approximate surface area is 99.3 Å². The summed E-state index contributed by atoms with van der Waals surface area (Å²) in [4.78, 5) is 2.52. The van der Waals surface area contributed by atoms with Crippen molar-refractivity contribution in [2.45, 2.75) is 50.7 Å². The Morgan fingerprint density at radius 1 is 1.50 bits per heavy atom. The molecule has 2 rings (SSSR count). The number of likely N-dealkylation sites (tertiary alicyclic amines) is 1.